The van der Waals surface area contributed by atoms with Gasteiger partial charge in [-0.1, -0.05) is 78.6 Å². The largest absolute Gasteiger partial charge is 0.495 e. The van der Waals surface area contributed by atoms with Crippen molar-refractivity contribution >= 4 is 75.1 Å². The van der Waals surface area contributed by atoms with Gasteiger partial charge in [0.25, 0.3) is 5.56 Å². The summed E-state index contributed by atoms with van der Waals surface area (Å²) in [6.45, 7) is 4.21. The molecule has 0 bridgehead atoms. The van der Waals surface area contributed by atoms with Gasteiger partial charge in [0, 0.05) is 98.5 Å². The van der Waals surface area contributed by atoms with Gasteiger partial charge in [-0.3, -0.25) is 39.0 Å². The smallest absolute Gasteiger partial charge is 0.405 e. The first-order chi connectivity index (χ1) is 45.9. The van der Waals surface area contributed by atoms with E-state index in [1.807, 2.05) is 78.2 Å². The fraction of sp³-hybridized carbons (Fsp3) is 0.391. The van der Waals surface area contributed by atoms with Gasteiger partial charge in [0.05, 0.1) is 62.9 Å². The molecule has 4 fully saturated rings. The third kappa shape index (κ3) is 16.2. The molecule has 4 aromatic carbocycles. The van der Waals surface area contributed by atoms with Crippen molar-refractivity contribution in [3.8, 4) is 28.7 Å². The molecular formula is C69H78N14O12. The number of amides is 8. The molecule has 95 heavy (non-hydrogen) atoms. The molecule has 3 aliphatic heterocycles. The van der Waals surface area contributed by atoms with Crippen LogP contribution in [0.5, 0.6) is 5.75 Å². The normalized spacial score (nSPS) is 16.8. The second kappa shape index (κ2) is 29.8. The van der Waals surface area contributed by atoms with Crippen molar-refractivity contribution in [1.29, 1.82) is 0 Å². The number of likely N-dealkylation sites (tertiary alicyclic amines) is 1. The van der Waals surface area contributed by atoms with Crippen LogP contribution in [0.3, 0.4) is 0 Å². The number of aromatic nitrogens is 4. The highest BCUT2D eigenvalue weighted by atomic mass is 16.6. The number of piperidine rings is 2. The summed E-state index contributed by atoms with van der Waals surface area (Å²) in [5.74, 6) is 4.55. The molecule has 496 valence electrons. The number of aromatic amines is 1. The van der Waals surface area contributed by atoms with Crippen molar-refractivity contribution in [2.75, 3.05) is 89.2 Å². The van der Waals surface area contributed by atoms with Crippen LogP contribution in [0.15, 0.2) is 120 Å². The molecule has 3 saturated heterocycles. The predicted molar refractivity (Wildman–Crippen MR) is 354 cm³/mol. The van der Waals surface area contributed by atoms with Crippen LogP contribution < -0.4 is 57.3 Å². The minimum Gasteiger partial charge on any atom is -0.495 e. The Balaban J connectivity index is 0.789. The third-order valence-electron chi connectivity index (χ3n) is 17.8. The maximum Gasteiger partial charge on any atom is 0.405 e. The van der Waals surface area contributed by atoms with Crippen molar-refractivity contribution in [3.05, 3.63) is 148 Å². The van der Waals surface area contributed by atoms with E-state index in [4.69, 9.17) is 29.3 Å². The van der Waals surface area contributed by atoms with Crippen LogP contribution in [-0.4, -0.2) is 174 Å². The Hall–Kier alpha value is -10.2. The van der Waals surface area contributed by atoms with E-state index in [0.29, 0.717) is 65.2 Å². The van der Waals surface area contributed by atoms with Crippen LogP contribution in [0.4, 0.5) is 21.2 Å². The van der Waals surface area contributed by atoms with Gasteiger partial charge in [0.15, 0.2) is 5.60 Å². The fourth-order valence-corrected chi connectivity index (χ4v) is 12.4. The van der Waals surface area contributed by atoms with Gasteiger partial charge >= 0.3 is 12.1 Å². The number of hydrogen-bond acceptors (Lipinski definition) is 16. The van der Waals surface area contributed by atoms with Gasteiger partial charge in [0.2, 0.25) is 35.5 Å². The number of nitrogens with zero attached hydrogens (tertiary/aromatic N) is 6. The number of aryl methyl sites for hydroxylation is 1. The maximum atomic E-state index is 13.7. The van der Waals surface area contributed by atoms with Gasteiger partial charge in [0.1, 0.15) is 24.0 Å². The predicted octanol–water partition coefficient (Wildman–Crippen LogP) is 4.14. The molecule has 6 heterocycles. The van der Waals surface area contributed by atoms with E-state index in [2.05, 4.69) is 65.4 Å². The molecule has 1 saturated carbocycles. The third-order valence-corrected chi connectivity index (χ3v) is 17.8. The van der Waals surface area contributed by atoms with E-state index < -0.39 is 67.0 Å². The summed E-state index contributed by atoms with van der Waals surface area (Å²) in [6, 6.07) is 30.7. The number of urea groups is 1. The number of pyridine rings is 1. The average Bonchev–Trinajstić information content (AvgIpc) is 1.69. The molecule has 3 aromatic heterocycles. The molecule has 4 aliphatic rings. The summed E-state index contributed by atoms with van der Waals surface area (Å²) in [6.07, 6.45) is 7.51. The molecule has 11 rings (SSSR count). The highest BCUT2D eigenvalue weighted by Gasteiger charge is 2.45. The lowest BCUT2D eigenvalue weighted by Crippen LogP contribution is -2.55. The SMILES string of the molecule is COc1ccc(C#CCNC2(C)CCN(C3CCN(c4nc(C(COCNC(=O)CNC(=O)C(Cc5ccccc5)NC(=O)CNC(=O)CNC(=O)O)(OC5CC5)c5ccccc5)c5cc(-c6cn(C)c(=O)c7[nH]ccc67)ccc5n4)CC3)CC2)cc1N1CCC(=O)NC1=O. The molecule has 0 radical (unpaired) electrons. The molecular weight excluding hydrogens is 1220 g/mol. The van der Waals surface area contributed by atoms with Crippen LogP contribution in [0, 0.1) is 11.8 Å². The standard InChI is InChI=1S/C69H78N14O12/c1-68(75-28-10-13-45-16-21-56(93-3)55(36-45)83-32-25-57(84)78-66(83)90)26-33-81(34-27-68)48-23-30-82(31-24-48)65-77-53-20-17-46(52-41-80(2)64(89)61-50(52)22-29-70-61)37-51(53)62(79-65)69(95-49-18-19-49,47-14-8-5-9-15-47)42-94-43-74-59(86)38-72-63(88)54(35-44-11-6-4-7-12-44)76-60(87)40-71-58(85)39-73-67(91)92/h4-9,11-12,14-17,20-22,29,36-37,41,48-49,54,70,73,75H,18-19,23-28,30-35,38-40,42-43H2,1-3H3,(H,71,85)(H,72,88)(H,74,86)(H,76,87)(H,91,92)(H,78,84,90). The number of H-pyrrole nitrogens is 1. The summed E-state index contributed by atoms with van der Waals surface area (Å²) in [7, 11) is 3.26. The monoisotopic (exact) mass is 1290 g/mol. The Morgan fingerprint density at radius 3 is 2.25 bits per heavy atom. The Bertz CT molecular complexity index is 4110. The second-order valence-electron chi connectivity index (χ2n) is 24.5. The first-order valence-electron chi connectivity index (χ1n) is 31.9. The highest BCUT2D eigenvalue weighted by molar-refractivity contribution is 6.06. The topological polar surface area (TPSA) is 325 Å². The lowest BCUT2D eigenvalue weighted by Gasteiger charge is -2.45. The number of hydrogen-bond donors (Lipinski definition) is 9. The highest BCUT2D eigenvalue weighted by Crippen LogP contribution is 2.44. The summed E-state index contributed by atoms with van der Waals surface area (Å²) in [5, 5.41) is 28.6. The van der Waals surface area contributed by atoms with Crippen LogP contribution in [-0.2, 0) is 52.5 Å². The number of methoxy groups -OCH3 is 1. The Morgan fingerprint density at radius 1 is 0.800 bits per heavy atom. The molecule has 26 nitrogen and oxygen atoms in total. The zero-order valence-corrected chi connectivity index (χ0v) is 53.3. The Kier molecular flexibility index (Phi) is 20.8. The molecule has 2 atom stereocenters. The molecule has 0 spiro atoms. The molecule has 26 heteroatoms. The number of anilines is 2. The molecule has 2 unspecified atom stereocenters. The van der Waals surface area contributed by atoms with Crippen molar-refractivity contribution in [2.24, 2.45) is 7.05 Å². The first kappa shape index (κ1) is 66.3. The second-order valence-corrected chi connectivity index (χ2v) is 24.5. The van der Waals surface area contributed by atoms with E-state index in [0.717, 1.165) is 84.8 Å². The number of carbonyl (C=O) groups is 7. The number of carbonyl (C=O) groups excluding carboxylic acids is 6. The van der Waals surface area contributed by atoms with Crippen molar-refractivity contribution < 1.29 is 52.9 Å². The minimum atomic E-state index is -1.41. The van der Waals surface area contributed by atoms with Crippen molar-refractivity contribution in [3.63, 3.8) is 0 Å². The zero-order chi connectivity index (χ0) is 66.6. The molecule has 9 N–H and O–H groups in total. The number of rotatable bonds is 25. The summed E-state index contributed by atoms with van der Waals surface area (Å²) < 4.78 is 20.9. The Morgan fingerprint density at radius 2 is 1.53 bits per heavy atom. The number of ether oxygens (including phenoxy) is 3. The number of imide groups is 1. The van der Waals surface area contributed by atoms with E-state index in [9.17, 15) is 38.4 Å². The zero-order valence-electron chi connectivity index (χ0n) is 53.3. The summed E-state index contributed by atoms with van der Waals surface area (Å²) >= 11 is 0. The van der Waals surface area contributed by atoms with E-state index in [1.165, 1.54) is 4.90 Å². The van der Waals surface area contributed by atoms with Crippen LogP contribution in [0.25, 0.3) is 32.9 Å². The summed E-state index contributed by atoms with van der Waals surface area (Å²) in [5.41, 5.74) is 4.45. The van der Waals surface area contributed by atoms with E-state index >= 15 is 0 Å². The quantitative estimate of drug-likeness (QED) is 0.0221. The van der Waals surface area contributed by atoms with Gasteiger partial charge in [-0.25, -0.2) is 19.6 Å². The van der Waals surface area contributed by atoms with Crippen molar-refractivity contribution in [2.45, 2.75) is 87.6 Å². The molecule has 7 aromatic rings. The Labute approximate surface area is 548 Å². The van der Waals surface area contributed by atoms with Gasteiger partial charge in [-0.15, -0.1) is 0 Å². The van der Waals surface area contributed by atoms with Crippen LogP contribution in [0.2, 0.25) is 0 Å². The van der Waals surface area contributed by atoms with Crippen LogP contribution in [0.1, 0.15) is 74.3 Å². The van der Waals surface area contributed by atoms with E-state index in [1.54, 1.807) is 61.3 Å². The van der Waals surface area contributed by atoms with Crippen molar-refractivity contribution in [1.82, 2.24) is 61.6 Å². The van der Waals surface area contributed by atoms with Gasteiger partial charge in [-0.2, -0.15) is 0 Å². The minimum absolute atomic E-state index is 0.0604. The van der Waals surface area contributed by atoms with Gasteiger partial charge < -0.3 is 70.6 Å². The maximum absolute atomic E-state index is 13.7. The number of carboxylic acid groups (broad SMARTS) is 1. The van der Waals surface area contributed by atoms with Crippen LogP contribution >= 0.6 is 0 Å². The summed E-state index contributed by atoms with van der Waals surface area (Å²) in [4.78, 5) is 121. The average molecular weight is 1300 g/mol. The first-order valence-corrected chi connectivity index (χ1v) is 31.9. The van der Waals surface area contributed by atoms with Gasteiger partial charge in [-0.05, 0) is 98.5 Å². The van der Waals surface area contributed by atoms with E-state index in [-0.39, 0.29) is 55.8 Å². The molecule has 8 amide bonds. The fourth-order valence-electron chi connectivity index (χ4n) is 12.4. The number of benzene rings is 4. The number of fused-ring (bicyclic) bond motifs is 2. The molecule has 1 aliphatic carbocycles. The lowest BCUT2D eigenvalue weighted by atomic mass is 9.87. The number of nitrogens with one attached hydrogen (secondary N) is 8. The lowest BCUT2D eigenvalue weighted by molar-refractivity contribution is -0.131.